The number of aromatic nitrogens is 2. The van der Waals surface area contributed by atoms with E-state index in [1.807, 2.05) is 41.1 Å². The number of benzene rings is 2. The van der Waals surface area contributed by atoms with Crippen molar-refractivity contribution >= 4 is 15.8 Å². The van der Waals surface area contributed by atoms with Crippen molar-refractivity contribution in [2.75, 3.05) is 6.26 Å². The van der Waals surface area contributed by atoms with Gasteiger partial charge in [-0.1, -0.05) is 54.6 Å². The van der Waals surface area contributed by atoms with Crippen LogP contribution in [-0.2, 0) is 16.4 Å². The summed E-state index contributed by atoms with van der Waals surface area (Å²) in [5.74, 6) is -7.10. The van der Waals surface area contributed by atoms with Gasteiger partial charge in [0.05, 0.1) is 18.1 Å². The van der Waals surface area contributed by atoms with Crippen LogP contribution in [0.15, 0.2) is 65.7 Å². The van der Waals surface area contributed by atoms with Gasteiger partial charge in [0.25, 0.3) is 11.3 Å². The van der Waals surface area contributed by atoms with Crippen LogP contribution in [0.1, 0.15) is 47.4 Å². The maximum Gasteiger partial charge on any atom is 0.327 e. The molecule has 2 aromatic carbocycles. The second-order valence-electron chi connectivity index (χ2n) is 9.01. The summed E-state index contributed by atoms with van der Waals surface area (Å²) in [7, 11) is -4.15. The van der Waals surface area contributed by atoms with Crippen LogP contribution >= 0.6 is 0 Å². The minimum absolute atomic E-state index is 0.108. The van der Waals surface area contributed by atoms with Gasteiger partial charge in [0.2, 0.25) is 10.0 Å². The minimum Gasteiger partial charge on any atom is -0.296 e. The van der Waals surface area contributed by atoms with Gasteiger partial charge in [-0.05, 0) is 37.0 Å². The quantitative estimate of drug-likeness (QED) is 0.557. The maximum absolute atomic E-state index is 15.3. The zero-order valence-corrected chi connectivity index (χ0v) is 20.2. The van der Waals surface area contributed by atoms with Gasteiger partial charge in [-0.15, -0.1) is 0 Å². The molecule has 0 amide bonds. The number of nitrogens with one attached hydrogen (secondary N) is 1. The van der Waals surface area contributed by atoms with Crippen molar-refractivity contribution < 1.29 is 22.0 Å². The highest BCUT2D eigenvalue weighted by molar-refractivity contribution is 7.88. The Morgan fingerprint density at radius 2 is 1.71 bits per heavy atom. The molecule has 10 heteroatoms. The summed E-state index contributed by atoms with van der Waals surface area (Å²) in [6, 6.07) is 14.1. The average Bonchev–Trinajstić information content (AvgIpc) is 2.80. The molecular weight excluding hydrogens is 476 g/mol. The Kier molecular flexibility index (Phi) is 6.46. The highest BCUT2D eigenvalue weighted by Crippen LogP contribution is 2.41. The van der Waals surface area contributed by atoms with E-state index in [2.05, 4.69) is 4.98 Å². The number of sulfonamides is 1. The fraction of sp³-hybridized carbons (Fsp3) is 0.320. The minimum atomic E-state index is -4.15. The lowest BCUT2D eigenvalue weighted by Gasteiger charge is -2.37. The number of halogens is 2. The molecule has 4 rings (SSSR count). The van der Waals surface area contributed by atoms with E-state index in [1.165, 1.54) is 4.57 Å². The smallest absolute Gasteiger partial charge is 0.296 e. The van der Waals surface area contributed by atoms with E-state index in [1.54, 1.807) is 32.0 Å². The number of hydrogen-bond donors (Lipinski definition) is 1. The van der Waals surface area contributed by atoms with Crippen molar-refractivity contribution in [3.05, 3.63) is 88.1 Å². The predicted molar refractivity (Wildman–Crippen MR) is 128 cm³/mol. The SMILES string of the molecule is CC(C)n1cnc2c(c1=O)[C@@H](Cc1cccc(-c3ccccc3)c1)[C@@H](NS(C)(=O)=O)C(F)(F)C2=O. The summed E-state index contributed by atoms with van der Waals surface area (Å²) in [5.41, 5.74) is 0.885. The van der Waals surface area contributed by atoms with Gasteiger partial charge in [0.1, 0.15) is 11.7 Å². The predicted octanol–water partition coefficient (Wildman–Crippen LogP) is 3.57. The number of hydrogen-bond acceptors (Lipinski definition) is 5. The average molecular weight is 502 g/mol. The second kappa shape index (κ2) is 9.09. The molecule has 1 aliphatic carbocycles. The fourth-order valence-corrected chi connectivity index (χ4v) is 5.23. The number of Topliss-reactive ketones (excluding diaryl/α,β-unsaturated/α-hetero) is 1. The van der Waals surface area contributed by atoms with Gasteiger partial charge in [0.15, 0.2) is 0 Å². The number of nitrogens with zero attached hydrogens (tertiary/aromatic N) is 2. The van der Waals surface area contributed by atoms with Gasteiger partial charge in [0, 0.05) is 12.0 Å². The molecule has 0 bridgehead atoms. The molecule has 2 atom stereocenters. The summed E-state index contributed by atoms with van der Waals surface area (Å²) in [6.45, 7) is 3.44. The lowest BCUT2D eigenvalue weighted by Crippen LogP contribution is -2.59. The molecule has 35 heavy (non-hydrogen) atoms. The van der Waals surface area contributed by atoms with E-state index in [0.717, 1.165) is 23.7 Å². The van der Waals surface area contributed by atoms with Crippen molar-refractivity contribution in [2.45, 2.75) is 44.2 Å². The Bertz CT molecular complexity index is 1440. The normalized spacial score (nSPS) is 19.5. The molecule has 0 spiro atoms. The molecule has 1 N–H and O–H groups in total. The molecule has 1 aromatic heterocycles. The lowest BCUT2D eigenvalue weighted by atomic mass is 9.76. The summed E-state index contributed by atoms with van der Waals surface area (Å²) in [4.78, 5) is 30.0. The van der Waals surface area contributed by atoms with Gasteiger partial charge >= 0.3 is 5.92 Å². The van der Waals surface area contributed by atoms with Crippen molar-refractivity contribution in [3.63, 3.8) is 0 Å². The van der Waals surface area contributed by atoms with E-state index in [4.69, 9.17) is 0 Å². The van der Waals surface area contributed by atoms with Crippen LogP contribution in [0.2, 0.25) is 0 Å². The van der Waals surface area contributed by atoms with Crippen molar-refractivity contribution in [2.24, 2.45) is 0 Å². The van der Waals surface area contributed by atoms with Crippen molar-refractivity contribution in [3.8, 4) is 11.1 Å². The van der Waals surface area contributed by atoms with E-state index in [9.17, 15) is 18.0 Å². The summed E-state index contributed by atoms with van der Waals surface area (Å²) in [6.07, 6.45) is 1.71. The van der Waals surface area contributed by atoms with Crippen LogP contribution < -0.4 is 10.3 Å². The van der Waals surface area contributed by atoms with Crippen LogP contribution in [-0.4, -0.2) is 42.0 Å². The third kappa shape index (κ3) is 4.81. The van der Waals surface area contributed by atoms with Gasteiger partial charge in [-0.25, -0.2) is 18.1 Å². The fourth-order valence-electron chi connectivity index (χ4n) is 4.45. The van der Waals surface area contributed by atoms with Gasteiger partial charge in [-0.2, -0.15) is 8.78 Å². The van der Waals surface area contributed by atoms with E-state index in [0.29, 0.717) is 5.56 Å². The van der Waals surface area contributed by atoms with Crippen LogP contribution in [0.4, 0.5) is 8.78 Å². The molecule has 0 fully saturated rings. The van der Waals surface area contributed by atoms with E-state index < -0.39 is 44.9 Å². The number of alkyl halides is 2. The zero-order chi connectivity index (χ0) is 25.5. The third-order valence-electron chi connectivity index (χ3n) is 6.10. The Labute approximate surface area is 201 Å². The number of rotatable bonds is 6. The van der Waals surface area contributed by atoms with Gasteiger partial charge in [-0.3, -0.25) is 14.2 Å². The molecule has 7 nitrogen and oxygen atoms in total. The standard InChI is InChI=1S/C25H25F2N3O4S/c1-15(2)30-14-28-21-20(24(30)32)19(22(29-35(3,33)34)25(26,27)23(21)31)13-16-8-7-11-18(12-16)17-9-5-4-6-10-17/h4-12,14-15,19,22,29H,13H2,1-3H3/t19-,22-/m1/s1. The molecular formula is C25H25F2N3O4S. The second-order valence-corrected chi connectivity index (χ2v) is 10.8. The highest BCUT2D eigenvalue weighted by atomic mass is 32.2. The van der Waals surface area contributed by atoms with Crippen LogP contribution in [0.25, 0.3) is 11.1 Å². The summed E-state index contributed by atoms with van der Waals surface area (Å²) in [5, 5.41) is 0. The summed E-state index contributed by atoms with van der Waals surface area (Å²) >= 11 is 0. The molecule has 1 heterocycles. The Hall–Kier alpha value is -3.24. The number of fused-ring (bicyclic) bond motifs is 1. The van der Waals surface area contributed by atoms with Gasteiger partial charge < -0.3 is 0 Å². The first-order valence-corrected chi connectivity index (χ1v) is 12.9. The molecule has 3 aromatic rings. The van der Waals surface area contributed by atoms with Crippen molar-refractivity contribution in [1.82, 2.24) is 14.3 Å². The van der Waals surface area contributed by atoms with Crippen molar-refractivity contribution in [1.29, 1.82) is 0 Å². The lowest BCUT2D eigenvalue weighted by molar-refractivity contribution is -0.0219. The Morgan fingerprint density at radius 3 is 2.34 bits per heavy atom. The molecule has 1 aliphatic rings. The maximum atomic E-state index is 15.3. The first-order chi connectivity index (χ1) is 16.4. The monoisotopic (exact) mass is 501 g/mol. The van der Waals surface area contributed by atoms with Crippen LogP contribution in [0.5, 0.6) is 0 Å². The number of carbonyl (C=O) groups excluding carboxylic acids is 1. The zero-order valence-electron chi connectivity index (χ0n) is 19.4. The first kappa shape index (κ1) is 24.9. The largest absolute Gasteiger partial charge is 0.327 e. The molecule has 0 saturated carbocycles. The van der Waals surface area contributed by atoms with E-state index >= 15 is 8.78 Å². The third-order valence-corrected chi connectivity index (χ3v) is 6.78. The molecule has 184 valence electrons. The summed E-state index contributed by atoms with van der Waals surface area (Å²) < 4.78 is 58.0. The van der Waals surface area contributed by atoms with Crippen LogP contribution in [0.3, 0.4) is 0 Å². The molecule has 0 saturated heterocycles. The highest BCUT2D eigenvalue weighted by Gasteiger charge is 2.58. The van der Waals surface area contributed by atoms with Crippen LogP contribution in [0, 0.1) is 0 Å². The molecule has 0 radical (unpaired) electrons. The topological polar surface area (TPSA) is 98.1 Å². The Morgan fingerprint density at radius 1 is 1.06 bits per heavy atom. The number of ketones is 1. The first-order valence-electron chi connectivity index (χ1n) is 11.1. The van der Waals surface area contributed by atoms with E-state index in [-0.39, 0.29) is 18.0 Å². The molecule has 0 aliphatic heterocycles. The molecule has 0 unspecified atom stereocenters. The Balaban J connectivity index is 1.90. The number of carbonyl (C=O) groups is 1.